The van der Waals surface area contributed by atoms with E-state index in [1.807, 2.05) is 0 Å². The summed E-state index contributed by atoms with van der Waals surface area (Å²) in [5, 5.41) is 14.2. The molecule has 6 nitrogen and oxygen atoms in total. The van der Waals surface area contributed by atoms with Crippen LogP contribution in [0.25, 0.3) is 0 Å². The van der Waals surface area contributed by atoms with Crippen LogP contribution in [-0.2, 0) is 0 Å². The lowest BCUT2D eigenvalue weighted by molar-refractivity contribution is -0.384. The quantitative estimate of drug-likeness (QED) is 0.643. The van der Waals surface area contributed by atoms with Gasteiger partial charge in [0, 0.05) is 19.6 Å². The molecule has 1 unspecified atom stereocenters. The number of hydrogen-bond acceptors (Lipinski definition) is 5. The van der Waals surface area contributed by atoms with Crippen molar-refractivity contribution in [1.29, 1.82) is 0 Å². The summed E-state index contributed by atoms with van der Waals surface area (Å²) in [6, 6.07) is 3.09. The molecule has 116 valence electrons. The molecule has 0 spiro atoms. The lowest BCUT2D eigenvalue weighted by Gasteiger charge is -2.19. The molecule has 0 amide bonds. The van der Waals surface area contributed by atoms with Gasteiger partial charge in [-0.25, -0.2) is 4.98 Å². The van der Waals surface area contributed by atoms with E-state index in [1.54, 1.807) is 6.07 Å². The third kappa shape index (κ3) is 3.83. The van der Waals surface area contributed by atoms with E-state index < -0.39 is 0 Å². The molecule has 0 aliphatic carbocycles. The zero-order valence-corrected chi connectivity index (χ0v) is 13.0. The molecular formula is C15H24N4O2. The molecule has 1 aliphatic rings. The lowest BCUT2D eigenvalue weighted by Crippen LogP contribution is -2.22. The predicted molar refractivity (Wildman–Crippen MR) is 84.8 cm³/mol. The van der Waals surface area contributed by atoms with Crippen molar-refractivity contribution < 1.29 is 4.92 Å². The average molecular weight is 292 g/mol. The molecule has 0 saturated carbocycles. The summed E-state index contributed by atoms with van der Waals surface area (Å²) < 4.78 is 0. The fraction of sp³-hybridized carbons (Fsp3) is 0.667. The number of aromatic nitrogens is 1. The molecule has 2 rings (SSSR count). The second-order valence-corrected chi connectivity index (χ2v) is 5.99. The lowest BCUT2D eigenvalue weighted by atomic mass is 9.95. The maximum Gasteiger partial charge on any atom is 0.276 e. The van der Waals surface area contributed by atoms with Crippen molar-refractivity contribution in [2.75, 3.05) is 29.9 Å². The maximum atomic E-state index is 11.1. The molecule has 21 heavy (non-hydrogen) atoms. The standard InChI is InChI=1S/C15H24N4O2/c1-4-6-16-14-8-13(19(20)21)9-15(17-14)18-7-5-12(10-18)11(2)3/h8-9,11-12H,4-7,10H2,1-3H3,(H,16,17). The maximum absolute atomic E-state index is 11.1. The number of anilines is 2. The Morgan fingerprint density at radius 1 is 1.52 bits per heavy atom. The fourth-order valence-corrected chi connectivity index (χ4v) is 2.65. The molecule has 1 aromatic heterocycles. The average Bonchev–Trinajstić information content (AvgIpc) is 2.94. The molecule has 6 heteroatoms. The highest BCUT2D eigenvalue weighted by molar-refractivity contribution is 5.56. The Morgan fingerprint density at radius 2 is 2.29 bits per heavy atom. The summed E-state index contributed by atoms with van der Waals surface area (Å²) in [7, 11) is 0. The monoisotopic (exact) mass is 292 g/mol. The SMILES string of the molecule is CCCNc1cc([N+](=O)[O-])cc(N2CCC(C(C)C)C2)n1. The molecule has 1 aromatic rings. The number of nitro groups is 1. The first-order chi connectivity index (χ1) is 10.0. The van der Waals surface area contributed by atoms with Gasteiger partial charge in [0.25, 0.3) is 5.69 Å². The Bertz CT molecular complexity index is 504. The van der Waals surface area contributed by atoms with Crippen LogP contribution in [-0.4, -0.2) is 29.5 Å². The van der Waals surface area contributed by atoms with Gasteiger partial charge in [0.05, 0.1) is 17.1 Å². The first-order valence-electron chi connectivity index (χ1n) is 7.66. The van der Waals surface area contributed by atoms with Crippen molar-refractivity contribution >= 4 is 17.3 Å². The van der Waals surface area contributed by atoms with Gasteiger partial charge in [-0.05, 0) is 24.7 Å². The third-order valence-corrected chi connectivity index (χ3v) is 4.06. The topological polar surface area (TPSA) is 71.3 Å². The first-order valence-corrected chi connectivity index (χ1v) is 7.66. The Kier molecular flexibility index (Phi) is 4.98. The summed E-state index contributed by atoms with van der Waals surface area (Å²) >= 11 is 0. The van der Waals surface area contributed by atoms with Crippen molar-refractivity contribution in [2.24, 2.45) is 11.8 Å². The largest absolute Gasteiger partial charge is 0.370 e. The molecule has 0 radical (unpaired) electrons. The highest BCUT2D eigenvalue weighted by Gasteiger charge is 2.27. The fourth-order valence-electron chi connectivity index (χ4n) is 2.65. The van der Waals surface area contributed by atoms with Crippen LogP contribution in [0.4, 0.5) is 17.3 Å². The van der Waals surface area contributed by atoms with E-state index >= 15 is 0 Å². The second-order valence-electron chi connectivity index (χ2n) is 5.99. The van der Waals surface area contributed by atoms with Crippen molar-refractivity contribution in [2.45, 2.75) is 33.6 Å². The van der Waals surface area contributed by atoms with E-state index in [4.69, 9.17) is 0 Å². The molecule has 1 N–H and O–H groups in total. The number of pyridine rings is 1. The van der Waals surface area contributed by atoms with E-state index in [2.05, 4.69) is 36.0 Å². The Balaban J connectivity index is 2.22. The van der Waals surface area contributed by atoms with Crippen molar-refractivity contribution in [3.8, 4) is 0 Å². The second kappa shape index (κ2) is 6.74. The van der Waals surface area contributed by atoms with Crippen LogP contribution in [0.5, 0.6) is 0 Å². The molecule has 0 bridgehead atoms. The third-order valence-electron chi connectivity index (χ3n) is 4.06. The number of hydrogen-bond donors (Lipinski definition) is 1. The Morgan fingerprint density at radius 3 is 2.86 bits per heavy atom. The van der Waals surface area contributed by atoms with Gasteiger partial charge < -0.3 is 10.2 Å². The van der Waals surface area contributed by atoms with Crippen LogP contribution in [0.3, 0.4) is 0 Å². The van der Waals surface area contributed by atoms with Gasteiger partial charge in [-0.15, -0.1) is 0 Å². The van der Waals surface area contributed by atoms with Gasteiger partial charge in [0.1, 0.15) is 11.6 Å². The highest BCUT2D eigenvalue weighted by atomic mass is 16.6. The molecule has 0 aromatic carbocycles. The van der Waals surface area contributed by atoms with Crippen molar-refractivity contribution in [3.63, 3.8) is 0 Å². The summed E-state index contributed by atoms with van der Waals surface area (Å²) in [5.74, 6) is 2.57. The van der Waals surface area contributed by atoms with Gasteiger partial charge in [-0.2, -0.15) is 0 Å². The number of nitrogens with one attached hydrogen (secondary N) is 1. The summed E-state index contributed by atoms with van der Waals surface area (Å²) in [5.41, 5.74) is 0.103. The molecule has 1 atom stereocenters. The summed E-state index contributed by atoms with van der Waals surface area (Å²) in [6.45, 7) is 9.12. The van der Waals surface area contributed by atoms with Gasteiger partial charge in [0.15, 0.2) is 0 Å². The van der Waals surface area contributed by atoms with Crippen LogP contribution in [0.2, 0.25) is 0 Å². The zero-order valence-electron chi connectivity index (χ0n) is 13.0. The van der Waals surface area contributed by atoms with E-state index in [9.17, 15) is 10.1 Å². The first kappa shape index (κ1) is 15.5. The van der Waals surface area contributed by atoms with E-state index in [1.165, 1.54) is 6.07 Å². The van der Waals surface area contributed by atoms with Crippen LogP contribution < -0.4 is 10.2 Å². The Labute approximate surface area is 125 Å². The van der Waals surface area contributed by atoms with E-state index in [0.717, 1.165) is 32.5 Å². The van der Waals surface area contributed by atoms with Crippen molar-refractivity contribution in [1.82, 2.24) is 4.98 Å². The van der Waals surface area contributed by atoms with Gasteiger partial charge >= 0.3 is 0 Å². The van der Waals surface area contributed by atoms with Gasteiger partial charge in [0.2, 0.25) is 0 Å². The van der Waals surface area contributed by atoms with Gasteiger partial charge in [-0.1, -0.05) is 20.8 Å². The molecule has 1 aliphatic heterocycles. The van der Waals surface area contributed by atoms with Crippen molar-refractivity contribution in [3.05, 3.63) is 22.2 Å². The minimum Gasteiger partial charge on any atom is -0.370 e. The number of rotatable bonds is 6. The van der Waals surface area contributed by atoms with Gasteiger partial charge in [-0.3, -0.25) is 10.1 Å². The molecule has 1 saturated heterocycles. The minimum absolute atomic E-state index is 0.103. The predicted octanol–water partition coefficient (Wildman–Crippen LogP) is 3.29. The van der Waals surface area contributed by atoms with Crippen LogP contribution in [0.15, 0.2) is 12.1 Å². The highest BCUT2D eigenvalue weighted by Crippen LogP contribution is 2.30. The molecule has 2 heterocycles. The smallest absolute Gasteiger partial charge is 0.276 e. The molecular weight excluding hydrogens is 268 g/mol. The van der Waals surface area contributed by atoms with Crippen LogP contribution in [0, 0.1) is 22.0 Å². The van der Waals surface area contributed by atoms with E-state index in [-0.39, 0.29) is 10.6 Å². The Hall–Kier alpha value is -1.85. The number of nitrogens with zero attached hydrogens (tertiary/aromatic N) is 3. The van der Waals surface area contributed by atoms with E-state index in [0.29, 0.717) is 23.5 Å². The molecule has 1 fully saturated rings. The summed E-state index contributed by atoms with van der Waals surface area (Å²) in [6.07, 6.45) is 2.08. The van der Waals surface area contributed by atoms with Crippen LogP contribution >= 0.6 is 0 Å². The summed E-state index contributed by atoms with van der Waals surface area (Å²) in [4.78, 5) is 17.5. The zero-order chi connectivity index (χ0) is 15.4. The minimum atomic E-state index is -0.349. The normalized spacial score (nSPS) is 18.3. The van der Waals surface area contributed by atoms with Crippen LogP contribution in [0.1, 0.15) is 33.6 Å².